The lowest BCUT2D eigenvalue weighted by molar-refractivity contribution is -0.137. The fourth-order valence-corrected chi connectivity index (χ4v) is 1.26. The second-order valence-corrected chi connectivity index (χ2v) is 3.35. The summed E-state index contributed by atoms with van der Waals surface area (Å²) in [5.74, 6) is -0.726. The maximum absolute atomic E-state index is 12.3. The van der Waals surface area contributed by atoms with E-state index in [4.69, 9.17) is 17.3 Å². The molecule has 0 aliphatic carbocycles. The first-order valence-corrected chi connectivity index (χ1v) is 4.32. The molecule has 0 bridgehead atoms. The summed E-state index contributed by atoms with van der Waals surface area (Å²) in [5.41, 5.74) is 4.11. The van der Waals surface area contributed by atoms with Crippen molar-refractivity contribution in [2.45, 2.75) is 12.6 Å². The number of amides is 1. The Labute approximate surface area is 88.8 Å². The van der Waals surface area contributed by atoms with Crippen molar-refractivity contribution in [1.29, 1.82) is 0 Å². The molecule has 15 heavy (non-hydrogen) atoms. The van der Waals surface area contributed by atoms with Gasteiger partial charge in [-0.2, -0.15) is 13.2 Å². The molecule has 1 amide bonds. The van der Waals surface area contributed by atoms with E-state index in [0.717, 1.165) is 18.2 Å². The summed E-state index contributed by atoms with van der Waals surface area (Å²) in [7, 11) is 0. The number of alkyl halides is 3. The summed E-state index contributed by atoms with van der Waals surface area (Å²) in [6, 6.07) is 2.78. The highest BCUT2D eigenvalue weighted by molar-refractivity contribution is 6.31. The molecule has 0 aliphatic heterocycles. The van der Waals surface area contributed by atoms with Crippen LogP contribution in [0, 0.1) is 0 Å². The van der Waals surface area contributed by atoms with Crippen molar-refractivity contribution in [2.24, 2.45) is 5.73 Å². The van der Waals surface area contributed by atoms with Gasteiger partial charge >= 0.3 is 6.18 Å². The maximum Gasteiger partial charge on any atom is 0.416 e. The molecule has 0 aliphatic rings. The normalized spacial score (nSPS) is 11.5. The summed E-state index contributed by atoms with van der Waals surface area (Å²) in [6.45, 7) is 0. The van der Waals surface area contributed by atoms with Crippen molar-refractivity contribution < 1.29 is 18.0 Å². The first kappa shape index (κ1) is 11.8. The van der Waals surface area contributed by atoms with E-state index in [2.05, 4.69) is 0 Å². The predicted octanol–water partition coefficient (Wildman–Crippen LogP) is 2.39. The quantitative estimate of drug-likeness (QED) is 0.843. The topological polar surface area (TPSA) is 43.1 Å². The van der Waals surface area contributed by atoms with Crippen molar-refractivity contribution in [3.05, 3.63) is 34.3 Å². The molecule has 0 radical (unpaired) electrons. The highest BCUT2D eigenvalue weighted by Gasteiger charge is 2.30. The molecule has 1 rings (SSSR count). The molecule has 0 aromatic heterocycles. The minimum absolute atomic E-state index is 0.0824. The molecular formula is C9H7ClF3NO. The number of benzene rings is 1. The van der Waals surface area contributed by atoms with Gasteiger partial charge in [-0.3, -0.25) is 4.79 Å². The van der Waals surface area contributed by atoms with Crippen LogP contribution in [-0.2, 0) is 17.4 Å². The third kappa shape index (κ3) is 3.13. The van der Waals surface area contributed by atoms with Crippen LogP contribution < -0.4 is 5.73 Å². The molecule has 0 fully saturated rings. The van der Waals surface area contributed by atoms with Crippen LogP contribution in [0.2, 0.25) is 5.02 Å². The van der Waals surface area contributed by atoms with Gasteiger partial charge in [0.1, 0.15) is 0 Å². The van der Waals surface area contributed by atoms with Crippen LogP contribution in [0.15, 0.2) is 18.2 Å². The molecule has 2 nitrogen and oxygen atoms in total. The van der Waals surface area contributed by atoms with Gasteiger partial charge in [0.05, 0.1) is 12.0 Å². The third-order valence-corrected chi connectivity index (χ3v) is 2.11. The van der Waals surface area contributed by atoms with Gasteiger partial charge in [-0.25, -0.2) is 0 Å². The van der Waals surface area contributed by atoms with Gasteiger partial charge in [0, 0.05) is 5.02 Å². The molecule has 2 N–H and O–H groups in total. The van der Waals surface area contributed by atoms with Crippen LogP contribution in [0.5, 0.6) is 0 Å². The Hall–Kier alpha value is -1.23. The Morgan fingerprint density at radius 3 is 2.47 bits per heavy atom. The number of primary amides is 1. The van der Waals surface area contributed by atoms with Gasteiger partial charge in [0.15, 0.2) is 0 Å². The Kier molecular flexibility index (Phi) is 3.24. The zero-order valence-electron chi connectivity index (χ0n) is 7.44. The second-order valence-electron chi connectivity index (χ2n) is 2.95. The minimum Gasteiger partial charge on any atom is -0.369 e. The zero-order valence-corrected chi connectivity index (χ0v) is 8.19. The van der Waals surface area contributed by atoms with E-state index in [0.29, 0.717) is 0 Å². The zero-order chi connectivity index (χ0) is 11.6. The highest BCUT2D eigenvalue weighted by Crippen LogP contribution is 2.31. The van der Waals surface area contributed by atoms with E-state index >= 15 is 0 Å². The molecular weight excluding hydrogens is 231 g/mol. The number of carbonyl (C=O) groups excluding carboxylic acids is 1. The Morgan fingerprint density at radius 1 is 1.40 bits per heavy atom. The number of nitrogens with two attached hydrogens (primary N) is 1. The van der Waals surface area contributed by atoms with Gasteiger partial charge < -0.3 is 5.73 Å². The fraction of sp³-hybridized carbons (Fsp3) is 0.222. The number of rotatable bonds is 2. The summed E-state index contributed by atoms with van der Waals surface area (Å²) >= 11 is 5.62. The third-order valence-electron chi connectivity index (χ3n) is 1.74. The Morgan fingerprint density at radius 2 is 2.00 bits per heavy atom. The lowest BCUT2D eigenvalue weighted by Gasteiger charge is -2.09. The molecule has 1 aromatic rings. The molecule has 0 atom stereocenters. The monoisotopic (exact) mass is 237 g/mol. The van der Waals surface area contributed by atoms with E-state index in [-0.39, 0.29) is 17.0 Å². The van der Waals surface area contributed by atoms with Crippen molar-refractivity contribution in [3.63, 3.8) is 0 Å². The van der Waals surface area contributed by atoms with Crippen LogP contribution >= 0.6 is 11.6 Å². The first-order chi connectivity index (χ1) is 6.80. The van der Waals surface area contributed by atoms with Gasteiger partial charge in [-0.15, -0.1) is 0 Å². The van der Waals surface area contributed by atoms with Crippen LogP contribution in [0.3, 0.4) is 0 Å². The van der Waals surface area contributed by atoms with E-state index in [1.807, 2.05) is 0 Å². The van der Waals surface area contributed by atoms with Crippen LogP contribution in [0.25, 0.3) is 0 Å². The average molecular weight is 238 g/mol. The van der Waals surface area contributed by atoms with Crippen molar-refractivity contribution >= 4 is 17.5 Å². The van der Waals surface area contributed by atoms with E-state index in [1.165, 1.54) is 0 Å². The molecule has 0 saturated carbocycles. The van der Waals surface area contributed by atoms with Gasteiger partial charge in [0.2, 0.25) is 5.91 Å². The van der Waals surface area contributed by atoms with Crippen LogP contribution in [-0.4, -0.2) is 5.91 Å². The SMILES string of the molecule is NC(=O)Cc1cc(C(F)(F)F)ccc1Cl. The molecule has 0 unspecified atom stereocenters. The van der Waals surface area contributed by atoms with Crippen LogP contribution in [0.1, 0.15) is 11.1 Å². The fourth-order valence-electron chi connectivity index (χ4n) is 1.07. The van der Waals surface area contributed by atoms with E-state index in [9.17, 15) is 18.0 Å². The van der Waals surface area contributed by atoms with E-state index in [1.54, 1.807) is 0 Å². The molecule has 0 heterocycles. The molecule has 82 valence electrons. The second kappa shape index (κ2) is 4.10. The number of hydrogen-bond acceptors (Lipinski definition) is 1. The molecule has 6 heteroatoms. The lowest BCUT2D eigenvalue weighted by Crippen LogP contribution is -2.15. The largest absolute Gasteiger partial charge is 0.416 e. The molecule has 0 saturated heterocycles. The number of hydrogen-bond donors (Lipinski definition) is 1. The molecule has 0 spiro atoms. The van der Waals surface area contributed by atoms with E-state index < -0.39 is 17.6 Å². The number of carbonyl (C=O) groups is 1. The van der Waals surface area contributed by atoms with Crippen LogP contribution in [0.4, 0.5) is 13.2 Å². The standard InChI is InChI=1S/C9H7ClF3NO/c10-7-2-1-6(9(11,12)13)3-5(7)4-8(14)15/h1-3H,4H2,(H2,14,15). The summed E-state index contributed by atoms with van der Waals surface area (Å²) in [4.78, 5) is 10.6. The van der Waals surface area contributed by atoms with Gasteiger partial charge in [-0.05, 0) is 23.8 Å². The van der Waals surface area contributed by atoms with Gasteiger partial charge in [-0.1, -0.05) is 11.6 Å². The number of halogens is 4. The minimum atomic E-state index is -4.45. The average Bonchev–Trinajstić information content (AvgIpc) is 2.06. The first-order valence-electron chi connectivity index (χ1n) is 3.94. The lowest BCUT2D eigenvalue weighted by atomic mass is 10.1. The summed E-state index contributed by atoms with van der Waals surface area (Å²) in [6.07, 6.45) is -4.75. The highest BCUT2D eigenvalue weighted by atomic mass is 35.5. The maximum atomic E-state index is 12.3. The van der Waals surface area contributed by atoms with Crippen molar-refractivity contribution in [3.8, 4) is 0 Å². The molecule has 1 aromatic carbocycles. The Bertz CT molecular complexity index is 389. The van der Waals surface area contributed by atoms with Crippen molar-refractivity contribution in [2.75, 3.05) is 0 Å². The summed E-state index contributed by atoms with van der Waals surface area (Å²) < 4.78 is 36.8. The smallest absolute Gasteiger partial charge is 0.369 e. The Balaban J connectivity index is 3.11. The summed E-state index contributed by atoms with van der Waals surface area (Å²) in [5, 5.41) is 0.0989. The predicted molar refractivity (Wildman–Crippen MR) is 49.4 cm³/mol. The van der Waals surface area contributed by atoms with Gasteiger partial charge in [0.25, 0.3) is 0 Å². The van der Waals surface area contributed by atoms with Crippen molar-refractivity contribution in [1.82, 2.24) is 0 Å².